The first-order valence-electron chi connectivity index (χ1n) is 11.2. The van der Waals surface area contributed by atoms with Crippen LogP contribution in [0.4, 0.5) is 0 Å². The minimum atomic E-state index is -3.68. The van der Waals surface area contributed by atoms with Crippen LogP contribution in [0.25, 0.3) is 0 Å². The van der Waals surface area contributed by atoms with E-state index in [-0.39, 0.29) is 61.0 Å². The van der Waals surface area contributed by atoms with E-state index in [0.29, 0.717) is 4.90 Å². The number of carboxylic acids is 1. The lowest BCUT2D eigenvalue weighted by Gasteiger charge is -2.34. The van der Waals surface area contributed by atoms with E-state index < -0.39 is 33.8 Å². The van der Waals surface area contributed by atoms with Crippen LogP contribution in [0.2, 0.25) is 0 Å². The number of fused-ring (bicyclic) bond motifs is 1. The SMILES string of the molecule is Cc1ccc(S(=O)(=O)N2CCN(C(=O)CC[C@@H](C(=O)O)N3C(=O)c4ccccc4C3=O)CC2)cc1. The lowest BCUT2D eigenvalue weighted by molar-refractivity contribution is -0.142. The first kappa shape index (κ1) is 24.6. The summed E-state index contributed by atoms with van der Waals surface area (Å²) in [5.41, 5.74) is 1.22. The predicted octanol–water partition coefficient (Wildman–Crippen LogP) is 1.36. The molecule has 1 fully saturated rings. The largest absolute Gasteiger partial charge is 0.480 e. The van der Waals surface area contributed by atoms with Gasteiger partial charge in [0.2, 0.25) is 15.9 Å². The summed E-state index contributed by atoms with van der Waals surface area (Å²) >= 11 is 0. The van der Waals surface area contributed by atoms with Gasteiger partial charge in [-0.2, -0.15) is 4.31 Å². The molecule has 10 nitrogen and oxygen atoms in total. The molecule has 1 saturated heterocycles. The Bertz CT molecular complexity index is 1250. The van der Waals surface area contributed by atoms with Crippen molar-refractivity contribution < 1.29 is 32.7 Å². The highest BCUT2D eigenvalue weighted by molar-refractivity contribution is 7.89. The number of carbonyl (C=O) groups is 4. The summed E-state index contributed by atoms with van der Waals surface area (Å²) in [6, 6.07) is 11.2. The number of amides is 3. The van der Waals surface area contributed by atoms with Crippen LogP contribution in [0.1, 0.15) is 39.1 Å². The average Bonchev–Trinajstić information content (AvgIpc) is 3.09. The van der Waals surface area contributed by atoms with Crippen molar-refractivity contribution in [2.75, 3.05) is 26.2 Å². The fourth-order valence-electron chi connectivity index (χ4n) is 4.31. The molecule has 11 heteroatoms. The summed E-state index contributed by atoms with van der Waals surface area (Å²) in [6.45, 7) is 2.42. The molecule has 1 N–H and O–H groups in total. The van der Waals surface area contributed by atoms with Gasteiger partial charge >= 0.3 is 5.97 Å². The Morgan fingerprint density at radius 3 is 1.97 bits per heavy atom. The first-order valence-corrected chi connectivity index (χ1v) is 12.6. The Balaban J connectivity index is 1.36. The zero-order valence-corrected chi connectivity index (χ0v) is 19.9. The van der Waals surface area contributed by atoms with Crippen LogP contribution in [0.15, 0.2) is 53.4 Å². The van der Waals surface area contributed by atoms with E-state index >= 15 is 0 Å². The standard InChI is InChI=1S/C24H25N3O7S/c1-16-6-8-17(9-7-16)35(33,34)26-14-12-25(13-15-26)21(28)11-10-20(24(31)32)27-22(29)18-4-2-3-5-19(18)23(27)30/h2-9,20H,10-15H2,1H3,(H,31,32)/t20-/m0/s1. The normalized spacial score (nSPS) is 17.4. The Kier molecular flexibility index (Phi) is 6.73. The van der Waals surface area contributed by atoms with Gasteiger partial charge in [0.1, 0.15) is 6.04 Å². The number of piperazine rings is 1. The summed E-state index contributed by atoms with van der Waals surface area (Å²) in [5.74, 6) is -3.12. The van der Waals surface area contributed by atoms with E-state index in [0.717, 1.165) is 5.56 Å². The van der Waals surface area contributed by atoms with Crippen molar-refractivity contribution in [3.05, 3.63) is 65.2 Å². The van der Waals surface area contributed by atoms with Gasteiger partial charge in [0.15, 0.2) is 0 Å². The number of hydrogen-bond acceptors (Lipinski definition) is 6. The highest BCUT2D eigenvalue weighted by Gasteiger charge is 2.43. The van der Waals surface area contributed by atoms with E-state index in [9.17, 15) is 32.7 Å². The zero-order chi connectivity index (χ0) is 25.3. The Hall–Kier alpha value is -3.57. The summed E-state index contributed by atoms with van der Waals surface area (Å²) in [4.78, 5) is 52.3. The van der Waals surface area contributed by atoms with Crippen LogP contribution in [0.5, 0.6) is 0 Å². The number of aliphatic carboxylic acids is 1. The van der Waals surface area contributed by atoms with Gasteiger partial charge in [-0.25, -0.2) is 13.2 Å². The molecule has 0 aliphatic carbocycles. The van der Waals surface area contributed by atoms with Gasteiger partial charge in [0.25, 0.3) is 11.8 Å². The van der Waals surface area contributed by atoms with Crippen molar-refractivity contribution in [1.29, 1.82) is 0 Å². The molecular weight excluding hydrogens is 474 g/mol. The van der Waals surface area contributed by atoms with Crippen molar-refractivity contribution >= 4 is 33.7 Å². The molecule has 3 amide bonds. The summed E-state index contributed by atoms with van der Waals surface area (Å²) in [6.07, 6.45) is -0.434. The molecule has 4 rings (SSSR count). The number of aryl methyl sites for hydroxylation is 1. The van der Waals surface area contributed by atoms with Crippen molar-refractivity contribution in [2.24, 2.45) is 0 Å². The number of nitrogens with zero attached hydrogens (tertiary/aromatic N) is 3. The third-order valence-electron chi connectivity index (χ3n) is 6.30. The van der Waals surface area contributed by atoms with E-state index in [1.807, 2.05) is 6.92 Å². The summed E-state index contributed by atoms with van der Waals surface area (Å²) in [5, 5.41) is 9.68. The molecule has 2 aromatic rings. The summed E-state index contributed by atoms with van der Waals surface area (Å²) < 4.78 is 27.0. The van der Waals surface area contributed by atoms with Crippen LogP contribution in [0.3, 0.4) is 0 Å². The fraction of sp³-hybridized carbons (Fsp3) is 0.333. The lowest BCUT2D eigenvalue weighted by Crippen LogP contribution is -2.51. The molecule has 0 saturated carbocycles. The third kappa shape index (κ3) is 4.69. The summed E-state index contributed by atoms with van der Waals surface area (Å²) in [7, 11) is -3.68. The van der Waals surface area contributed by atoms with Crippen molar-refractivity contribution in [1.82, 2.24) is 14.1 Å². The van der Waals surface area contributed by atoms with E-state index in [4.69, 9.17) is 0 Å². The molecule has 184 valence electrons. The fourth-order valence-corrected chi connectivity index (χ4v) is 5.73. The average molecular weight is 500 g/mol. The van der Waals surface area contributed by atoms with Gasteiger partial charge in [-0.05, 0) is 37.6 Å². The molecule has 0 unspecified atom stereocenters. The maximum absolute atomic E-state index is 12.9. The van der Waals surface area contributed by atoms with Crippen molar-refractivity contribution in [3.8, 4) is 0 Å². The van der Waals surface area contributed by atoms with Gasteiger partial charge in [-0.15, -0.1) is 0 Å². The first-order chi connectivity index (χ1) is 16.6. The minimum Gasteiger partial charge on any atom is -0.480 e. The zero-order valence-electron chi connectivity index (χ0n) is 19.1. The van der Waals surface area contributed by atoms with Gasteiger partial charge in [0.05, 0.1) is 16.0 Å². The number of benzene rings is 2. The molecule has 2 heterocycles. The van der Waals surface area contributed by atoms with E-state index in [1.165, 1.54) is 21.3 Å². The van der Waals surface area contributed by atoms with Crippen LogP contribution >= 0.6 is 0 Å². The maximum atomic E-state index is 12.9. The molecule has 0 aromatic heterocycles. The van der Waals surface area contributed by atoms with E-state index in [1.54, 1.807) is 36.4 Å². The molecule has 1 atom stereocenters. The number of hydrogen-bond donors (Lipinski definition) is 1. The number of carboxylic acid groups (broad SMARTS) is 1. The second kappa shape index (κ2) is 9.59. The van der Waals surface area contributed by atoms with Crippen LogP contribution in [-0.2, 0) is 19.6 Å². The molecule has 0 radical (unpaired) electrons. The highest BCUT2D eigenvalue weighted by Crippen LogP contribution is 2.26. The molecule has 2 aliphatic rings. The topological polar surface area (TPSA) is 132 Å². The van der Waals surface area contributed by atoms with E-state index in [2.05, 4.69) is 0 Å². The molecule has 0 spiro atoms. The predicted molar refractivity (Wildman–Crippen MR) is 124 cm³/mol. The quantitative estimate of drug-likeness (QED) is 0.569. The Morgan fingerprint density at radius 2 is 1.46 bits per heavy atom. The van der Waals surface area contributed by atoms with Crippen LogP contribution in [-0.4, -0.2) is 83.5 Å². The third-order valence-corrected chi connectivity index (χ3v) is 8.22. The van der Waals surface area contributed by atoms with Gasteiger partial charge in [-0.1, -0.05) is 29.8 Å². The molecular formula is C24H25N3O7S. The Morgan fingerprint density at radius 1 is 0.914 bits per heavy atom. The van der Waals surface area contributed by atoms with Crippen LogP contribution < -0.4 is 0 Å². The number of carbonyl (C=O) groups excluding carboxylic acids is 3. The van der Waals surface area contributed by atoms with Crippen LogP contribution in [0, 0.1) is 6.92 Å². The van der Waals surface area contributed by atoms with Gasteiger partial charge in [-0.3, -0.25) is 19.3 Å². The number of sulfonamides is 1. The van der Waals surface area contributed by atoms with Crippen molar-refractivity contribution in [2.45, 2.75) is 30.7 Å². The number of rotatable bonds is 7. The molecule has 2 aliphatic heterocycles. The maximum Gasteiger partial charge on any atom is 0.326 e. The molecule has 35 heavy (non-hydrogen) atoms. The monoisotopic (exact) mass is 499 g/mol. The highest BCUT2D eigenvalue weighted by atomic mass is 32.2. The second-order valence-corrected chi connectivity index (χ2v) is 10.5. The van der Waals surface area contributed by atoms with Gasteiger partial charge < -0.3 is 10.0 Å². The molecule has 0 bridgehead atoms. The van der Waals surface area contributed by atoms with Crippen molar-refractivity contribution in [3.63, 3.8) is 0 Å². The molecule has 2 aromatic carbocycles. The van der Waals surface area contributed by atoms with Gasteiger partial charge in [0, 0.05) is 32.6 Å². The lowest BCUT2D eigenvalue weighted by atomic mass is 10.1. The second-order valence-electron chi connectivity index (χ2n) is 8.52. The Labute approximate surface area is 202 Å². The number of imide groups is 1. The minimum absolute atomic E-state index is 0.114. The smallest absolute Gasteiger partial charge is 0.326 e.